The molecule has 0 atom stereocenters. The van der Waals surface area contributed by atoms with Crippen LogP contribution in [0.3, 0.4) is 0 Å². The summed E-state index contributed by atoms with van der Waals surface area (Å²) in [4.78, 5) is 22.6. The Kier molecular flexibility index (Phi) is 4.61. The van der Waals surface area contributed by atoms with Crippen LogP contribution in [-0.4, -0.2) is 16.0 Å². The van der Waals surface area contributed by atoms with Gasteiger partial charge in [-0.05, 0) is 52.9 Å². The van der Waals surface area contributed by atoms with Crippen LogP contribution in [-0.2, 0) is 0 Å². The predicted molar refractivity (Wildman–Crippen MR) is 83.3 cm³/mol. The van der Waals surface area contributed by atoms with E-state index >= 15 is 0 Å². The number of halogens is 1. The standard InChI is InChI=1S/C13H8INO4S/c14-8-1-4-10(5-2-8)20-12-6-3-9(15(18)19)7-11(12)13(16)17/h1-7H,(H,16,17). The molecule has 0 radical (unpaired) electrons. The molecule has 0 unspecified atom stereocenters. The molecule has 0 saturated carbocycles. The molecule has 0 aromatic heterocycles. The number of non-ortho nitro benzene ring substituents is 1. The van der Waals surface area contributed by atoms with Crippen LogP contribution in [0.2, 0.25) is 0 Å². The van der Waals surface area contributed by atoms with Crippen LogP contribution in [0, 0.1) is 13.7 Å². The van der Waals surface area contributed by atoms with Gasteiger partial charge in [-0.15, -0.1) is 0 Å². The van der Waals surface area contributed by atoms with Crippen molar-refractivity contribution in [2.45, 2.75) is 9.79 Å². The Bertz CT molecular complexity index is 673. The van der Waals surface area contributed by atoms with E-state index in [2.05, 4.69) is 22.6 Å². The molecule has 2 rings (SSSR count). The van der Waals surface area contributed by atoms with Gasteiger partial charge in [-0.2, -0.15) is 0 Å². The first-order valence-electron chi connectivity index (χ1n) is 5.42. The Morgan fingerprint density at radius 2 is 1.85 bits per heavy atom. The molecule has 0 bridgehead atoms. The number of carboxylic acids is 1. The highest BCUT2D eigenvalue weighted by molar-refractivity contribution is 14.1. The Balaban J connectivity index is 2.38. The average molecular weight is 401 g/mol. The maximum Gasteiger partial charge on any atom is 0.337 e. The Hall–Kier alpha value is -1.61. The lowest BCUT2D eigenvalue weighted by atomic mass is 10.2. The van der Waals surface area contributed by atoms with Crippen LogP contribution in [0.1, 0.15) is 10.4 Å². The van der Waals surface area contributed by atoms with Gasteiger partial charge in [-0.1, -0.05) is 11.8 Å². The van der Waals surface area contributed by atoms with Gasteiger partial charge in [0, 0.05) is 25.5 Å². The van der Waals surface area contributed by atoms with E-state index in [1.54, 1.807) is 0 Å². The molecule has 0 spiro atoms. The van der Waals surface area contributed by atoms with Crippen LogP contribution in [0.4, 0.5) is 5.69 Å². The number of nitro benzene ring substituents is 1. The fourth-order valence-electron chi connectivity index (χ4n) is 1.52. The first kappa shape index (κ1) is 14.8. The molecule has 2 aromatic rings. The molecule has 20 heavy (non-hydrogen) atoms. The largest absolute Gasteiger partial charge is 0.478 e. The molecule has 102 valence electrons. The van der Waals surface area contributed by atoms with Gasteiger partial charge in [0.25, 0.3) is 5.69 Å². The van der Waals surface area contributed by atoms with Crippen molar-refractivity contribution >= 4 is 46.0 Å². The summed E-state index contributed by atoms with van der Waals surface area (Å²) >= 11 is 3.44. The minimum atomic E-state index is -1.18. The van der Waals surface area contributed by atoms with Crippen LogP contribution in [0.15, 0.2) is 52.3 Å². The van der Waals surface area contributed by atoms with Crippen LogP contribution < -0.4 is 0 Å². The second kappa shape index (κ2) is 6.23. The Labute approximate surface area is 132 Å². The molecule has 0 aliphatic rings. The minimum Gasteiger partial charge on any atom is -0.478 e. The second-order valence-electron chi connectivity index (χ2n) is 3.80. The van der Waals surface area contributed by atoms with Crippen LogP contribution in [0.5, 0.6) is 0 Å². The van der Waals surface area contributed by atoms with Gasteiger partial charge in [0.15, 0.2) is 0 Å². The van der Waals surface area contributed by atoms with Crippen molar-refractivity contribution < 1.29 is 14.8 Å². The zero-order valence-corrected chi connectivity index (χ0v) is 12.9. The number of nitro groups is 1. The van der Waals surface area contributed by atoms with Gasteiger partial charge in [0.05, 0.1) is 10.5 Å². The van der Waals surface area contributed by atoms with Gasteiger partial charge in [-0.25, -0.2) is 4.79 Å². The maximum atomic E-state index is 11.2. The molecule has 0 fully saturated rings. The number of nitrogens with zero attached hydrogens (tertiary/aromatic N) is 1. The topological polar surface area (TPSA) is 80.4 Å². The number of aromatic carboxylic acids is 1. The highest BCUT2D eigenvalue weighted by Crippen LogP contribution is 2.32. The molecule has 7 heteroatoms. The normalized spacial score (nSPS) is 10.2. The summed E-state index contributed by atoms with van der Waals surface area (Å²) in [5.74, 6) is -1.18. The predicted octanol–water partition coefficient (Wildman–Crippen LogP) is 4.05. The van der Waals surface area contributed by atoms with Crippen molar-refractivity contribution in [3.63, 3.8) is 0 Å². The third-order valence-electron chi connectivity index (χ3n) is 2.45. The summed E-state index contributed by atoms with van der Waals surface area (Å²) in [5, 5.41) is 19.8. The number of carboxylic acid groups (broad SMARTS) is 1. The zero-order chi connectivity index (χ0) is 14.7. The number of hydrogen-bond acceptors (Lipinski definition) is 4. The van der Waals surface area contributed by atoms with E-state index in [4.69, 9.17) is 5.11 Å². The maximum absolute atomic E-state index is 11.2. The molecule has 1 N–H and O–H groups in total. The third-order valence-corrected chi connectivity index (χ3v) is 4.25. The molecule has 0 saturated heterocycles. The first-order valence-corrected chi connectivity index (χ1v) is 7.32. The summed E-state index contributed by atoms with van der Waals surface area (Å²) < 4.78 is 1.08. The van der Waals surface area contributed by atoms with Gasteiger partial charge in [-0.3, -0.25) is 10.1 Å². The summed E-state index contributed by atoms with van der Waals surface area (Å²) in [6, 6.07) is 11.4. The molecule has 0 amide bonds. The van der Waals surface area contributed by atoms with E-state index in [9.17, 15) is 14.9 Å². The molecular formula is C13H8INO4S. The molecule has 0 aliphatic heterocycles. The van der Waals surface area contributed by atoms with E-state index in [-0.39, 0.29) is 11.3 Å². The van der Waals surface area contributed by atoms with Crippen molar-refractivity contribution in [2.24, 2.45) is 0 Å². The number of hydrogen-bond donors (Lipinski definition) is 1. The summed E-state index contributed by atoms with van der Waals surface area (Å²) in [6.07, 6.45) is 0. The van der Waals surface area contributed by atoms with Gasteiger partial charge >= 0.3 is 5.97 Å². The fraction of sp³-hybridized carbons (Fsp3) is 0. The van der Waals surface area contributed by atoms with Gasteiger partial charge in [0.2, 0.25) is 0 Å². The fourth-order valence-corrected chi connectivity index (χ4v) is 2.80. The Morgan fingerprint density at radius 1 is 1.20 bits per heavy atom. The average Bonchev–Trinajstić information content (AvgIpc) is 2.41. The van der Waals surface area contributed by atoms with E-state index < -0.39 is 10.9 Å². The third kappa shape index (κ3) is 3.48. The number of rotatable bonds is 4. The van der Waals surface area contributed by atoms with Crippen LogP contribution in [0.25, 0.3) is 0 Å². The highest BCUT2D eigenvalue weighted by atomic mass is 127. The quantitative estimate of drug-likeness (QED) is 0.475. The summed E-state index contributed by atoms with van der Waals surface area (Å²) in [7, 11) is 0. The number of carbonyl (C=O) groups is 1. The molecule has 0 heterocycles. The van der Waals surface area contributed by atoms with Crippen molar-refractivity contribution in [1.82, 2.24) is 0 Å². The van der Waals surface area contributed by atoms with Crippen molar-refractivity contribution in [2.75, 3.05) is 0 Å². The minimum absolute atomic E-state index is 0.0669. The van der Waals surface area contributed by atoms with E-state index in [0.717, 1.165) is 14.5 Å². The van der Waals surface area contributed by atoms with Crippen LogP contribution >= 0.6 is 34.4 Å². The summed E-state index contributed by atoms with van der Waals surface area (Å²) in [6.45, 7) is 0. The Morgan fingerprint density at radius 3 is 2.40 bits per heavy atom. The van der Waals surface area contributed by atoms with E-state index in [1.807, 2.05) is 24.3 Å². The molecule has 2 aromatic carbocycles. The van der Waals surface area contributed by atoms with Crippen molar-refractivity contribution in [3.05, 3.63) is 61.7 Å². The van der Waals surface area contributed by atoms with Crippen molar-refractivity contribution in [3.8, 4) is 0 Å². The zero-order valence-electron chi connectivity index (χ0n) is 9.95. The number of benzene rings is 2. The van der Waals surface area contributed by atoms with E-state index in [0.29, 0.717) is 4.90 Å². The smallest absolute Gasteiger partial charge is 0.337 e. The van der Waals surface area contributed by atoms with E-state index in [1.165, 1.54) is 23.9 Å². The lowest BCUT2D eigenvalue weighted by molar-refractivity contribution is -0.384. The SMILES string of the molecule is O=C(O)c1cc([N+](=O)[O-])ccc1Sc1ccc(I)cc1. The lowest BCUT2D eigenvalue weighted by Crippen LogP contribution is -2.00. The second-order valence-corrected chi connectivity index (χ2v) is 6.16. The summed E-state index contributed by atoms with van der Waals surface area (Å²) in [5.41, 5.74) is -0.294. The highest BCUT2D eigenvalue weighted by Gasteiger charge is 2.16. The first-order chi connectivity index (χ1) is 9.47. The molecule has 5 nitrogen and oxygen atoms in total. The monoisotopic (exact) mass is 401 g/mol. The molecular weight excluding hydrogens is 393 g/mol. The van der Waals surface area contributed by atoms with Gasteiger partial charge in [0.1, 0.15) is 0 Å². The lowest BCUT2D eigenvalue weighted by Gasteiger charge is -2.06. The van der Waals surface area contributed by atoms with Gasteiger partial charge < -0.3 is 5.11 Å². The molecule has 0 aliphatic carbocycles. The van der Waals surface area contributed by atoms with Crippen molar-refractivity contribution in [1.29, 1.82) is 0 Å².